The van der Waals surface area contributed by atoms with E-state index in [0.29, 0.717) is 11.8 Å². The number of hydrogen-bond acceptors (Lipinski definition) is 7. The fraction of sp³-hybridized carbons (Fsp3) is 0.182. The molecule has 7 nitrogen and oxygen atoms in total. The molecule has 0 spiro atoms. The van der Waals surface area contributed by atoms with Crippen molar-refractivity contribution in [3.8, 4) is 22.9 Å². The molecule has 18 heavy (non-hydrogen) atoms. The predicted molar refractivity (Wildman–Crippen MR) is 61.2 cm³/mol. The van der Waals surface area contributed by atoms with Crippen LogP contribution in [0.5, 0.6) is 11.5 Å². The van der Waals surface area contributed by atoms with Crippen molar-refractivity contribution in [2.45, 2.75) is 6.54 Å². The molecule has 7 heteroatoms. The van der Waals surface area contributed by atoms with Gasteiger partial charge >= 0.3 is 0 Å². The van der Waals surface area contributed by atoms with Crippen LogP contribution in [0.2, 0.25) is 0 Å². The van der Waals surface area contributed by atoms with Crippen molar-refractivity contribution in [1.82, 2.24) is 10.1 Å². The highest BCUT2D eigenvalue weighted by molar-refractivity contribution is 5.87. The first-order chi connectivity index (χ1) is 8.69. The van der Waals surface area contributed by atoms with Gasteiger partial charge in [-0.3, -0.25) is 4.79 Å². The Morgan fingerprint density at radius 1 is 1.56 bits per heavy atom. The molecule has 0 aliphatic rings. The van der Waals surface area contributed by atoms with Crippen molar-refractivity contribution in [3.05, 3.63) is 23.6 Å². The van der Waals surface area contributed by atoms with Gasteiger partial charge in [0, 0.05) is 11.1 Å². The van der Waals surface area contributed by atoms with Gasteiger partial charge in [0.25, 0.3) is 0 Å². The number of ether oxygens (including phenoxy) is 1. The molecule has 0 aliphatic carbocycles. The Balaban J connectivity index is 2.55. The number of hydrogen-bond donors (Lipinski definition) is 2. The summed E-state index contributed by atoms with van der Waals surface area (Å²) in [5.41, 5.74) is 5.99. The van der Waals surface area contributed by atoms with E-state index in [1.165, 1.54) is 19.2 Å². The normalized spacial score (nSPS) is 10.3. The number of phenolic OH excluding ortho intramolecular Hbond substituents is 1. The lowest BCUT2D eigenvalue weighted by molar-refractivity contribution is 0.112. The first kappa shape index (κ1) is 12.1. The second kappa shape index (κ2) is 4.84. The molecule has 1 heterocycles. The van der Waals surface area contributed by atoms with Crippen LogP contribution < -0.4 is 10.5 Å². The number of aromatic nitrogens is 2. The third-order valence-corrected chi connectivity index (χ3v) is 2.36. The molecule has 1 aromatic heterocycles. The van der Waals surface area contributed by atoms with E-state index >= 15 is 0 Å². The Bertz CT molecular complexity index is 580. The van der Waals surface area contributed by atoms with Gasteiger partial charge in [-0.25, -0.2) is 0 Å². The Hall–Kier alpha value is -2.41. The van der Waals surface area contributed by atoms with Crippen molar-refractivity contribution in [3.63, 3.8) is 0 Å². The summed E-state index contributed by atoms with van der Waals surface area (Å²) in [6, 6.07) is 2.74. The first-order valence-electron chi connectivity index (χ1n) is 5.08. The van der Waals surface area contributed by atoms with Crippen LogP contribution in [0.15, 0.2) is 16.7 Å². The number of benzene rings is 1. The van der Waals surface area contributed by atoms with Crippen molar-refractivity contribution in [1.29, 1.82) is 0 Å². The zero-order valence-corrected chi connectivity index (χ0v) is 9.58. The summed E-state index contributed by atoms with van der Waals surface area (Å²) in [4.78, 5) is 15.0. The van der Waals surface area contributed by atoms with E-state index in [1.54, 1.807) is 0 Å². The van der Waals surface area contributed by atoms with Crippen molar-refractivity contribution < 1.29 is 19.2 Å². The monoisotopic (exact) mass is 249 g/mol. The van der Waals surface area contributed by atoms with Crippen LogP contribution in [0, 0.1) is 0 Å². The van der Waals surface area contributed by atoms with Crippen molar-refractivity contribution in [2.24, 2.45) is 5.73 Å². The fourth-order valence-corrected chi connectivity index (χ4v) is 1.49. The van der Waals surface area contributed by atoms with E-state index in [1.807, 2.05) is 0 Å². The van der Waals surface area contributed by atoms with Crippen LogP contribution in [0.1, 0.15) is 16.2 Å². The molecule has 0 fully saturated rings. The van der Waals surface area contributed by atoms with Crippen LogP contribution in [-0.2, 0) is 6.54 Å². The lowest BCUT2D eigenvalue weighted by Crippen LogP contribution is -1.96. The van der Waals surface area contributed by atoms with Gasteiger partial charge < -0.3 is 20.1 Å². The molecule has 2 aromatic rings. The molecule has 2 rings (SSSR count). The standard InChI is InChI=1S/C11H11N3O4/c1-17-9-2-6(5-15)7(3-8(9)16)11-13-10(4-12)18-14-11/h2-3,5,16H,4,12H2,1H3. The molecule has 0 atom stereocenters. The maximum atomic E-state index is 11.0. The minimum absolute atomic E-state index is 0.103. The third kappa shape index (κ3) is 2.03. The van der Waals surface area contributed by atoms with Gasteiger partial charge in [0.2, 0.25) is 11.7 Å². The Kier molecular flexibility index (Phi) is 3.24. The summed E-state index contributed by atoms with van der Waals surface area (Å²) in [7, 11) is 1.39. The second-order valence-electron chi connectivity index (χ2n) is 3.45. The van der Waals surface area contributed by atoms with Gasteiger partial charge in [0.1, 0.15) is 0 Å². The van der Waals surface area contributed by atoms with E-state index in [9.17, 15) is 9.90 Å². The maximum absolute atomic E-state index is 11.0. The molecule has 94 valence electrons. The number of aromatic hydroxyl groups is 1. The summed E-state index contributed by atoms with van der Waals surface area (Å²) < 4.78 is 9.76. The third-order valence-electron chi connectivity index (χ3n) is 2.36. The highest BCUT2D eigenvalue weighted by Gasteiger charge is 2.15. The summed E-state index contributed by atoms with van der Waals surface area (Å²) in [6.45, 7) is 0.103. The van der Waals surface area contributed by atoms with E-state index in [4.69, 9.17) is 15.0 Å². The largest absolute Gasteiger partial charge is 0.504 e. The first-order valence-corrected chi connectivity index (χ1v) is 5.08. The maximum Gasteiger partial charge on any atom is 0.240 e. The number of nitrogens with two attached hydrogens (primary N) is 1. The van der Waals surface area contributed by atoms with Crippen LogP contribution in [0.3, 0.4) is 0 Å². The molecular formula is C11H11N3O4. The van der Waals surface area contributed by atoms with Gasteiger partial charge in [0.05, 0.1) is 13.7 Å². The van der Waals surface area contributed by atoms with Crippen molar-refractivity contribution in [2.75, 3.05) is 7.11 Å². The predicted octanol–water partition coefficient (Wildman–Crippen LogP) is 0.722. The smallest absolute Gasteiger partial charge is 0.240 e. The number of carbonyl (C=O) groups is 1. The van der Waals surface area contributed by atoms with E-state index in [2.05, 4.69) is 10.1 Å². The quantitative estimate of drug-likeness (QED) is 0.768. The van der Waals surface area contributed by atoms with Crippen LogP contribution in [0.25, 0.3) is 11.4 Å². The highest BCUT2D eigenvalue weighted by atomic mass is 16.5. The molecular weight excluding hydrogens is 238 g/mol. The van der Waals surface area contributed by atoms with Gasteiger partial charge in [-0.2, -0.15) is 4.98 Å². The number of rotatable bonds is 4. The molecule has 3 N–H and O–H groups in total. The zero-order valence-electron chi connectivity index (χ0n) is 9.58. The average Bonchev–Trinajstić information content (AvgIpc) is 2.87. The summed E-state index contributed by atoms with van der Waals surface area (Å²) in [5, 5.41) is 13.4. The molecule has 0 saturated heterocycles. The van der Waals surface area contributed by atoms with Gasteiger partial charge in [-0.05, 0) is 12.1 Å². The summed E-state index contributed by atoms with van der Waals surface area (Å²) in [6.07, 6.45) is 0.621. The molecule has 0 saturated carbocycles. The van der Waals surface area contributed by atoms with Crippen LogP contribution in [0.4, 0.5) is 0 Å². The number of carbonyl (C=O) groups excluding carboxylic acids is 1. The van der Waals surface area contributed by atoms with Crippen LogP contribution >= 0.6 is 0 Å². The number of phenols is 1. The Labute approximate surface area is 102 Å². The van der Waals surface area contributed by atoms with E-state index in [-0.39, 0.29) is 35.3 Å². The van der Waals surface area contributed by atoms with E-state index in [0.717, 1.165) is 0 Å². The Morgan fingerprint density at radius 3 is 2.89 bits per heavy atom. The SMILES string of the molecule is COc1cc(C=O)c(-c2noc(CN)n2)cc1O. The summed E-state index contributed by atoms with van der Waals surface area (Å²) >= 11 is 0. The second-order valence-corrected chi connectivity index (χ2v) is 3.45. The zero-order chi connectivity index (χ0) is 13.1. The minimum atomic E-state index is -0.114. The Morgan fingerprint density at radius 2 is 2.33 bits per heavy atom. The number of nitrogens with zero attached hydrogens (tertiary/aromatic N) is 2. The fourth-order valence-electron chi connectivity index (χ4n) is 1.49. The number of methoxy groups -OCH3 is 1. The molecule has 1 aromatic carbocycles. The molecule has 0 amide bonds. The topological polar surface area (TPSA) is 111 Å². The molecule has 0 unspecified atom stereocenters. The van der Waals surface area contributed by atoms with Gasteiger partial charge in [-0.15, -0.1) is 0 Å². The summed E-state index contributed by atoms with van der Waals surface area (Å²) in [5.74, 6) is 0.522. The highest BCUT2D eigenvalue weighted by Crippen LogP contribution is 2.33. The van der Waals surface area contributed by atoms with E-state index < -0.39 is 0 Å². The molecule has 0 radical (unpaired) electrons. The lowest BCUT2D eigenvalue weighted by Gasteiger charge is -2.06. The minimum Gasteiger partial charge on any atom is -0.504 e. The van der Waals surface area contributed by atoms with Crippen LogP contribution in [-0.4, -0.2) is 28.6 Å². The van der Waals surface area contributed by atoms with Crippen molar-refractivity contribution >= 4 is 6.29 Å². The van der Waals surface area contributed by atoms with Gasteiger partial charge in [0.15, 0.2) is 17.8 Å². The molecule has 0 aliphatic heterocycles. The molecule has 0 bridgehead atoms. The number of aldehydes is 1. The van der Waals surface area contributed by atoms with Gasteiger partial charge in [-0.1, -0.05) is 5.16 Å². The lowest BCUT2D eigenvalue weighted by atomic mass is 10.1. The average molecular weight is 249 g/mol.